The molecule has 2 heterocycles. The molecule has 1 aromatic rings. The van der Waals surface area contributed by atoms with Crippen LogP contribution < -0.4 is 10.6 Å². The van der Waals surface area contributed by atoms with Crippen molar-refractivity contribution in [3.05, 3.63) is 17.5 Å². The summed E-state index contributed by atoms with van der Waals surface area (Å²) in [6.45, 7) is 2.10. The molecule has 2 rings (SSSR count). The van der Waals surface area contributed by atoms with Crippen LogP contribution in [0.3, 0.4) is 0 Å². The summed E-state index contributed by atoms with van der Waals surface area (Å²) >= 11 is 5.76. The molecule has 4 nitrogen and oxygen atoms in total. The van der Waals surface area contributed by atoms with E-state index >= 15 is 0 Å². The maximum absolute atomic E-state index is 5.76. The quantitative estimate of drug-likeness (QED) is 0.726. The summed E-state index contributed by atoms with van der Waals surface area (Å²) in [5.41, 5.74) is 0. The van der Waals surface area contributed by atoms with Gasteiger partial charge < -0.3 is 10.6 Å². The van der Waals surface area contributed by atoms with Crippen LogP contribution >= 0.6 is 11.6 Å². The summed E-state index contributed by atoms with van der Waals surface area (Å²) in [4.78, 5) is 7.93. The molecule has 2 N–H and O–H groups in total. The molecule has 1 aromatic heterocycles. The summed E-state index contributed by atoms with van der Waals surface area (Å²) in [6, 6.07) is 2.20. The zero-order valence-electron chi connectivity index (χ0n) is 7.83. The summed E-state index contributed by atoms with van der Waals surface area (Å²) in [5.74, 6) is 0.804. The molecule has 14 heavy (non-hydrogen) atoms. The average molecular weight is 213 g/mol. The van der Waals surface area contributed by atoms with E-state index in [-0.39, 0.29) is 0 Å². The maximum Gasteiger partial charge on any atom is 0.134 e. The predicted octanol–water partition coefficient (Wildman–Crippen LogP) is 1.29. The minimum Gasteiger partial charge on any atom is -0.366 e. The third kappa shape index (κ3) is 2.56. The van der Waals surface area contributed by atoms with Crippen LogP contribution in [0.5, 0.6) is 0 Å². The van der Waals surface area contributed by atoms with E-state index < -0.39 is 0 Å². The largest absolute Gasteiger partial charge is 0.366 e. The fourth-order valence-electron chi connectivity index (χ4n) is 1.60. The zero-order chi connectivity index (χ0) is 9.80. The molecule has 1 fully saturated rings. The standard InChI is InChI=1S/C9H13ClN4/c10-8-4-9(13-6-12-8)14-7-2-1-3-11-5-7/h4,6-7,11H,1-3,5H2,(H,12,13,14)/t7-/m1/s1. The lowest BCUT2D eigenvalue weighted by Gasteiger charge is -2.24. The lowest BCUT2D eigenvalue weighted by molar-refractivity contribution is 0.479. The highest BCUT2D eigenvalue weighted by Crippen LogP contribution is 2.12. The van der Waals surface area contributed by atoms with Gasteiger partial charge in [-0.3, -0.25) is 0 Å². The van der Waals surface area contributed by atoms with Crippen LogP contribution in [-0.2, 0) is 0 Å². The van der Waals surface area contributed by atoms with Crippen molar-refractivity contribution >= 4 is 17.4 Å². The first-order chi connectivity index (χ1) is 6.84. The maximum atomic E-state index is 5.76. The number of nitrogens with one attached hydrogen (secondary N) is 2. The second-order valence-corrected chi connectivity index (χ2v) is 3.80. The van der Waals surface area contributed by atoms with E-state index in [0.717, 1.165) is 18.9 Å². The van der Waals surface area contributed by atoms with Gasteiger partial charge in [-0.15, -0.1) is 0 Å². The van der Waals surface area contributed by atoms with Gasteiger partial charge >= 0.3 is 0 Å². The number of hydrogen-bond acceptors (Lipinski definition) is 4. The first-order valence-corrected chi connectivity index (χ1v) is 5.17. The molecule has 76 valence electrons. The number of rotatable bonds is 2. The summed E-state index contributed by atoms with van der Waals surface area (Å²) in [6.07, 6.45) is 3.85. The molecule has 0 aromatic carbocycles. The van der Waals surface area contributed by atoms with E-state index in [0.29, 0.717) is 11.2 Å². The van der Waals surface area contributed by atoms with E-state index in [1.165, 1.54) is 19.2 Å². The Labute approximate surface area is 88.1 Å². The van der Waals surface area contributed by atoms with Crippen LogP contribution in [0.4, 0.5) is 5.82 Å². The Morgan fingerprint density at radius 2 is 2.43 bits per heavy atom. The lowest BCUT2D eigenvalue weighted by Crippen LogP contribution is -2.38. The predicted molar refractivity (Wildman–Crippen MR) is 56.6 cm³/mol. The topological polar surface area (TPSA) is 49.8 Å². The van der Waals surface area contributed by atoms with Gasteiger partial charge in [-0.2, -0.15) is 0 Å². The minimum absolute atomic E-state index is 0.453. The van der Waals surface area contributed by atoms with Gasteiger partial charge in [0.05, 0.1) is 0 Å². The highest BCUT2D eigenvalue weighted by molar-refractivity contribution is 6.29. The van der Waals surface area contributed by atoms with Gasteiger partial charge in [-0.1, -0.05) is 11.6 Å². The normalized spacial score (nSPS) is 21.9. The number of piperidine rings is 1. The molecule has 0 spiro atoms. The van der Waals surface area contributed by atoms with Crippen molar-refractivity contribution in [2.24, 2.45) is 0 Å². The van der Waals surface area contributed by atoms with E-state index in [1.54, 1.807) is 6.07 Å². The van der Waals surface area contributed by atoms with Gasteiger partial charge in [0.2, 0.25) is 0 Å². The Morgan fingerprint density at radius 1 is 1.50 bits per heavy atom. The Morgan fingerprint density at radius 3 is 3.14 bits per heavy atom. The summed E-state index contributed by atoms with van der Waals surface area (Å²) < 4.78 is 0. The summed E-state index contributed by atoms with van der Waals surface area (Å²) in [5, 5.41) is 7.13. The average Bonchev–Trinajstić information content (AvgIpc) is 2.19. The molecule has 1 atom stereocenters. The van der Waals surface area contributed by atoms with Crippen LogP contribution in [0.1, 0.15) is 12.8 Å². The van der Waals surface area contributed by atoms with Gasteiger partial charge in [0.1, 0.15) is 17.3 Å². The molecular formula is C9H13ClN4. The van der Waals surface area contributed by atoms with Crippen LogP contribution in [0.15, 0.2) is 12.4 Å². The van der Waals surface area contributed by atoms with Crippen molar-refractivity contribution in [3.8, 4) is 0 Å². The molecule has 0 radical (unpaired) electrons. The molecule has 0 unspecified atom stereocenters. The van der Waals surface area contributed by atoms with Crippen LogP contribution in [0.25, 0.3) is 0 Å². The molecule has 0 amide bonds. The second-order valence-electron chi connectivity index (χ2n) is 3.41. The second kappa shape index (κ2) is 4.57. The lowest BCUT2D eigenvalue weighted by atomic mass is 10.1. The highest BCUT2D eigenvalue weighted by Gasteiger charge is 2.12. The number of anilines is 1. The minimum atomic E-state index is 0.453. The highest BCUT2D eigenvalue weighted by atomic mass is 35.5. The fraction of sp³-hybridized carbons (Fsp3) is 0.556. The molecule has 0 aliphatic carbocycles. The Bertz CT molecular complexity index is 299. The van der Waals surface area contributed by atoms with Crippen molar-refractivity contribution in [2.75, 3.05) is 18.4 Å². The SMILES string of the molecule is Clc1cc(N[C@@H]2CCCNC2)ncn1. The van der Waals surface area contributed by atoms with Gasteiger partial charge in [0.15, 0.2) is 0 Å². The van der Waals surface area contributed by atoms with E-state index in [2.05, 4.69) is 20.6 Å². The Balaban J connectivity index is 1.95. The third-order valence-corrected chi connectivity index (χ3v) is 2.49. The van der Waals surface area contributed by atoms with Gasteiger partial charge in [-0.05, 0) is 19.4 Å². The van der Waals surface area contributed by atoms with Crippen molar-refractivity contribution in [1.29, 1.82) is 0 Å². The fourth-order valence-corrected chi connectivity index (χ4v) is 1.74. The monoisotopic (exact) mass is 212 g/mol. The molecule has 0 saturated carbocycles. The molecule has 0 bridgehead atoms. The van der Waals surface area contributed by atoms with E-state index in [9.17, 15) is 0 Å². The Hall–Kier alpha value is -0.870. The van der Waals surface area contributed by atoms with Gasteiger partial charge in [0, 0.05) is 18.7 Å². The van der Waals surface area contributed by atoms with Crippen molar-refractivity contribution in [3.63, 3.8) is 0 Å². The molecule has 1 aliphatic heterocycles. The van der Waals surface area contributed by atoms with E-state index in [1.807, 2.05) is 0 Å². The van der Waals surface area contributed by atoms with Crippen molar-refractivity contribution < 1.29 is 0 Å². The number of hydrogen-bond donors (Lipinski definition) is 2. The smallest absolute Gasteiger partial charge is 0.134 e. The van der Waals surface area contributed by atoms with E-state index in [4.69, 9.17) is 11.6 Å². The Kier molecular flexibility index (Phi) is 3.16. The third-order valence-electron chi connectivity index (χ3n) is 2.28. The van der Waals surface area contributed by atoms with Crippen molar-refractivity contribution in [1.82, 2.24) is 15.3 Å². The number of aromatic nitrogens is 2. The first-order valence-electron chi connectivity index (χ1n) is 4.79. The van der Waals surface area contributed by atoms with Crippen LogP contribution in [0, 0.1) is 0 Å². The van der Waals surface area contributed by atoms with Gasteiger partial charge in [0.25, 0.3) is 0 Å². The first kappa shape index (κ1) is 9.68. The van der Waals surface area contributed by atoms with Gasteiger partial charge in [-0.25, -0.2) is 9.97 Å². The summed E-state index contributed by atoms with van der Waals surface area (Å²) in [7, 11) is 0. The van der Waals surface area contributed by atoms with Crippen LogP contribution in [-0.4, -0.2) is 29.1 Å². The molecule has 5 heteroatoms. The van der Waals surface area contributed by atoms with Crippen LogP contribution in [0.2, 0.25) is 5.15 Å². The molecular weight excluding hydrogens is 200 g/mol. The molecule has 1 saturated heterocycles. The zero-order valence-corrected chi connectivity index (χ0v) is 8.59. The number of halogens is 1. The van der Waals surface area contributed by atoms with Crippen molar-refractivity contribution in [2.45, 2.75) is 18.9 Å². The molecule has 1 aliphatic rings. The number of nitrogens with zero attached hydrogens (tertiary/aromatic N) is 2.